The Labute approximate surface area is 207 Å². The van der Waals surface area contributed by atoms with Gasteiger partial charge in [-0.1, -0.05) is 23.8 Å². The van der Waals surface area contributed by atoms with E-state index < -0.39 is 21.7 Å². The molecule has 0 bridgehead atoms. The number of nitrogens with one attached hydrogen (secondary N) is 1. The molecule has 2 aromatic carbocycles. The van der Waals surface area contributed by atoms with Gasteiger partial charge in [0, 0.05) is 11.8 Å². The Morgan fingerprint density at radius 2 is 1.72 bits per heavy atom. The van der Waals surface area contributed by atoms with Crippen molar-refractivity contribution in [3.05, 3.63) is 94.9 Å². The van der Waals surface area contributed by atoms with Crippen molar-refractivity contribution in [1.29, 1.82) is 0 Å². The van der Waals surface area contributed by atoms with Crippen LogP contribution in [0.5, 0.6) is 17.4 Å². The van der Waals surface area contributed by atoms with Crippen molar-refractivity contribution in [2.24, 2.45) is 0 Å². The van der Waals surface area contributed by atoms with E-state index in [4.69, 9.17) is 4.74 Å². The number of rotatable bonds is 6. The molecule has 0 atom stereocenters. The molecule has 36 heavy (non-hydrogen) atoms. The topological polar surface area (TPSA) is 118 Å². The lowest BCUT2D eigenvalue weighted by Crippen LogP contribution is -2.31. The molecule has 1 amide bonds. The summed E-state index contributed by atoms with van der Waals surface area (Å²) in [6, 6.07) is 14.1. The van der Waals surface area contributed by atoms with Gasteiger partial charge in [-0.05, 0) is 74.4 Å². The Balaban J connectivity index is 1.81. The van der Waals surface area contributed by atoms with Crippen LogP contribution in [0, 0.1) is 26.6 Å². The highest BCUT2D eigenvalue weighted by molar-refractivity contribution is 7.90. The molecule has 0 saturated heterocycles. The first-order valence-electron chi connectivity index (χ1n) is 10.8. The van der Waals surface area contributed by atoms with Gasteiger partial charge in [-0.25, -0.2) is 19.1 Å². The number of aromatic nitrogens is 2. The maximum absolute atomic E-state index is 13.9. The largest absolute Gasteiger partial charge is 0.507 e. The van der Waals surface area contributed by atoms with Crippen LogP contribution in [-0.2, 0) is 10.0 Å². The first kappa shape index (κ1) is 24.8. The van der Waals surface area contributed by atoms with E-state index >= 15 is 0 Å². The van der Waals surface area contributed by atoms with Crippen LogP contribution in [0.4, 0.5) is 4.39 Å². The summed E-state index contributed by atoms with van der Waals surface area (Å²) in [6.45, 7) is 5.57. The van der Waals surface area contributed by atoms with Gasteiger partial charge < -0.3 is 9.84 Å². The number of phenolic OH excluding ortho intramolecular Hbond substituents is 1. The van der Waals surface area contributed by atoms with Crippen LogP contribution in [0.3, 0.4) is 0 Å². The van der Waals surface area contributed by atoms with E-state index in [2.05, 4.69) is 9.97 Å². The fourth-order valence-electron chi connectivity index (χ4n) is 3.71. The van der Waals surface area contributed by atoms with Crippen molar-refractivity contribution in [3.63, 3.8) is 0 Å². The first-order chi connectivity index (χ1) is 17.0. The molecule has 184 valence electrons. The molecule has 0 unspecified atom stereocenters. The number of benzene rings is 2. The Bertz CT molecular complexity index is 1550. The van der Waals surface area contributed by atoms with E-state index in [0.29, 0.717) is 5.75 Å². The van der Waals surface area contributed by atoms with Gasteiger partial charge in [0.2, 0.25) is 5.88 Å². The van der Waals surface area contributed by atoms with Crippen molar-refractivity contribution < 1.29 is 27.4 Å². The minimum atomic E-state index is -4.28. The van der Waals surface area contributed by atoms with Crippen molar-refractivity contribution in [1.82, 2.24) is 14.7 Å². The van der Waals surface area contributed by atoms with Crippen LogP contribution >= 0.6 is 0 Å². The summed E-state index contributed by atoms with van der Waals surface area (Å²) >= 11 is 0. The number of pyridine rings is 2. The molecule has 0 fully saturated rings. The number of sulfonamides is 1. The van der Waals surface area contributed by atoms with Crippen molar-refractivity contribution >= 4 is 15.9 Å². The lowest BCUT2D eigenvalue weighted by Gasteiger charge is -2.16. The number of hydrogen-bond donors (Lipinski definition) is 2. The average Bonchev–Trinajstić information content (AvgIpc) is 2.83. The fraction of sp³-hybridized carbons (Fsp3) is 0.115. The second kappa shape index (κ2) is 9.74. The summed E-state index contributed by atoms with van der Waals surface area (Å²) in [6.07, 6.45) is 1.29. The summed E-state index contributed by atoms with van der Waals surface area (Å²) in [5.41, 5.74) is 2.54. The molecule has 10 heteroatoms. The third-order valence-electron chi connectivity index (χ3n) is 5.28. The number of ether oxygens (including phenoxy) is 1. The number of aryl methyl sites for hydroxylation is 3. The quantitative estimate of drug-likeness (QED) is 0.384. The molecular formula is C26H22FN3O5S. The summed E-state index contributed by atoms with van der Waals surface area (Å²) < 4.78 is 47.2. The highest BCUT2D eigenvalue weighted by atomic mass is 32.2. The van der Waals surface area contributed by atoms with E-state index in [1.54, 1.807) is 6.07 Å². The third kappa shape index (κ3) is 5.18. The van der Waals surface area contributed by atoms with Gasteiger partial charge in [0.1, 0.15) is 22.9 Å². The SMILES string of the molecule is Cc1cc(C)c(Oc2nc(-c3cc(F)ccc3O)ccc2C(=O)NS(=O)(=O)c2ccccn2)c(C)c1. The predicted octanol–water partition coefficient (Wildman–Crippen LogP) is 4.82. The number of nitrogens with zero attached hydrogens (tertiary/aromatic N) is 2. The monoisotopic (exact) mass is 507 g/mol. The Morgan fingerprint density at radius 1 is 1.00 bits per heavy atom. The molecule has 2 aromatic heterocycles. The molecule has 8 nitrogen and oxygen atoms in total. The maximum Gasteiger partial charge on any atom is 0.281 e. The molecule has 4 rings (SSSR count). The number of amides is 1. The Hall–Kier alpha value is -4.31. The van der Waals surface area contributed by atoms with Crippen LogP contribution in [0.15, 0.2) is 71.9 Å². The second-order valence-corrected chi connectivity index (χ2v) is 9.77. The molecule has 2 heterocycles. The van der Waals surface area contributed by atoms with E-state index in [1.807, 2.05) is 37.6 Å². The van der Waals surface area contributed by atoms with Crippen molar-refractivity contribution in [2.75, 3.05) is 0 Å². The molecule has 4 aromatic rings. The summed E-state index contributed by atoms with van der Waals surface area (Å²) in [7, 11) is -4.28. The lowest BCUT2D eigenvalue weighted by atomic mass is 10.1. The van der Waals surface area contributed by atoms with Crippen LogP contribution < -0.4 is 9.46 Å². The highest BCUT2D eigenvalue weighted by Gasteiger charge is 2.25. The lowest BCUT2D eigenvalue weighted by molar-refractivity contribution is 0.0978. The Morgan fingerprint density at radius 3 is 2.39 bits per heavy atom. The average molecular weight is 508 g/mol. The van der Waals surface area contributed by atoms with Crippen molar-refractivity contribution in [3.8, 4) is 28.6 Å². The standard InChI is InChI=1S/C26H22FN3O5S/c1-15-12-16(2)24(17(3)13-15)35-26-19(25(32)30-36(33,34)23-6-4-5-11-28-23)8-9-21(29-26)20-14-18(27)7-10-22(20)31/h4-14,31H,1-3H3,(H,30,32). The van der Waals surface area contributed by atoms with E-state index in [1.165, 1.54) is 36.5 Å². The minimum absolute atomic E-state index is 0.0743. The zero-order valence-electron chi connectivity index (χ0n) is 19.6. The van der Waals surface area contributed by atoms with Crippen LogP contribution in [0.25, 0.3) is 11.3 Å². The number of aromatic hydroxyl groups is 1. The van der Waals surface area contributed by atoms with Gasteiger partial charge in [-0.2, -0.15) is 8.42 Å². The minimum Gasteiger partial charge on any atom is -0.507 e. The zero-order chi connectivity index (χ0) is 26.0. The first-order valence-corrected chi connectivity index (χ1v) is 12.3. The van der Waals surface area contributed by atoms with Crippen LogP contribution in [-0.4, -0.2) is 29.4 Å². The van der Waals surface area contributed by atoms with Gasteiger partial charge in [0.15, 0.2) is 5.03 Å². The normalized spacial score (nSPS) is 11.2. The van der Waals surface area contributed by atoms with Crippen LogP contribution in [0.1, 0.15) is 27.0 Å². The van der Waals surface area contributed by atoms with Gasteiger partial charge in [-0.3, -0.25) is 4.79 Å². The molecular weight excluding hydrogens is 485 g/mol. The number of phenols is 1. The molecule has 0 spiro atoms. The number of hydrogen-bond acceptors (Lipinski definition) is 7. The summed E-state index contributed by atoms with van der Waals surface area (Å²) in [5, 5.41) is 9.90. The van der Waals surface area contributed by atoms with Gasteiger partial charge in [0.25, 0.3) is 15.9 Å². The number of carbonyl (C=O) groups excluding carboxylic acids is 1. The predicted molar refractivity (Wildman–Crippen MR) is 131 cm³/mol. The molecule has 0 radical (unpaired) electrons. The highest BCUT2D eigenvalue weighted by Crippen LogP contribution is 2.35. The van der Waals surface area contributed by atoms with E-state index in [9.17, 15) is 22.7 Å². The third-order valence-corrected chi connectivity index (χ3v) is 6.53. The number of carbonyl (C=O) groups is 1. The van der Waals surface area contributed by atoms with Crippen LogP contribution in [0.2, 0.25) is 0 Å². The second-order valence-electron chi connectivity index (χ2n) is 8.14. The van der Waals surface area contributed by atoms with E-state index in [0.717, 1.165) is 28.8 Å². The molecule has 0 saturated carbocycles. The fourth-order valence-corrected chi connectivity index (χ4v) is 4.63. The van der Waals surface area contributed by atoms with E-state index in [-0.39, 0.29) is 33.5 Å². The number of halogens is 1. The molecule has 0 aliphatic heterocycles. The summed E-state index contributed by atoms with van der Waals surface area (Å²) in [5.74, 6) is -1.62. The smallest absolute Gasteiger partial charge is 0.281 e. The van der Waals surface area contributed by atoms with Crippen molar-refractivity contribution in [2.45, 2.75) is 25.8 Å². The van der Waals surface area contributed by atoms with Gasteiger partial charge in [-0.15, -0.1) is 0 Å². The molecule has 0 aliphatic rings. The van der Waals surface area contributed by atoms with Gasteiger partial charge >= 0.3 is 0 Å². The molecule has 0 aliphatic carbocycles. The zero-order valence-corrected chi connectivity index (χ0v) is 20.4. The maximum atomic E-state index is 13.9. The van der Waals surface area contributed by atoms with Gasteiger partial charge in [0.05, 0.1) is 5.69 Å². The summed E-state index contributed by atoms with van der Waals surface area (Å²) in [4.78, 5) is 21.2. The molecule has 2 N–H and O–H groups in total. The Kier molecular flexibility index (Phi) is 6.71.